The van der Waals surface area contributed by atoms with Gasteiger partial charge in [0.15, 0.2) is 0 Å². The fraction of sp³-hybridized carbons (Fsp3) is 0.889. The lowest BCUT2D eigenvalue weighted by Gasteiger charge is -2.22. The van der Waals surface area contributed by atoms with Crippen LogP contribution >= 0.6 is 0 Å². The largest absolute Gasteiger partial charge is 0.481 e. The molecule has 0 fully saturated rings. The van der Waals surface area contributed by atoms with Crippen molar-refractivity contribution in [2.75, 3.05) is 26.2 Å². The standard InChI is InChI=1S/C9H20N2O2/c1-8(2)7-11(6-4-10)5-3-9(12)13/h8H,3-7,10H2,1-2H3,(H,12,13). The van der Waals surface area contributed by atoms with E-state index in [0.29, 0.717) is 19.0 Å². The van der Waals surface area contributed by atoms with Gasteiger partial charge in [-0.2, -0.15) is 0 Å². The summed E-state index contributed by atoms with van der Waals surface area (Å²) < 4.78 is 0. The molecule has 0 atom stereocenters. The van der Waals surface area contributed by atoms with Gasteiger partial charge in [-0.05, 0) is 5.92 Å². The number of rotatable bonds is 7. The minimum atomic E-state index is -0.745. The molecule has 0 aromatic rings. The number of nitrogens with zero attached hydrogens (tertiary/aromatic N) is 1. The van der Waals surface area contributed by atoms with Crippen LogP contribution in [0.1, 0.15) is 20.3 Å². The third kappa shape index (κ3) is 7.74. The quantitative estimate of drug-likeness (QED) is 0.606. The molecule has 0 saturated carbocycles. The zero-order valence-corrected chi connectivity index (χ0v) is 8.49. The van der Waals surface area contributed by atoms with E-state index in [4.69, 9.17) is 10.8 Å². The van der Waals surface area contributed by atoms with Gasteiger partial charge in [-0.3, -0.25) is 4.79 Å². The summed E-state index contributed by atoms with van der Waals surface area (Å²) in [6.07, 6.45) is 0.201. The topological polar surface area (TPSA) is 66.6 Å². The van der Waals surface area contributed by atoms with Crippen LogP contribution in [0.4, 0.5) is 0 Å². The van der Waals surface area contributed by atoms with Crippen LogP contribution in [0, 0.1) is 5.92 Å². The van der Waals surface area contributed by atoms with Crippen molar-refractivity contribution >= 4 is 5.97 Å². The van der Waals surface area contributed by atoms with Gasteiger partial charge in [-0.1, -0.05) is 13.8 Å². The first-order chi connectivity index (χ1) is 6.06. The number of carboxylic acids is 1. The van der Waals surface area contributed by atoms with Crippen molar-refractivity contribution in [3.05, 3.63) is 0 Å². The lowest BCUT2D eigenvalue weighted by atomic mass is 10.2. The summed E-state index contributed by atoms with van der Waals surface area (Å²) in [4.78, 5) is 12.4. The van der Waals surface area contributed by atoms with Gasteiger partial charge in [0.25, 0.3) is 0 Å². The summed E-state index contributed by atoms with van der Waals surface area (Å²) >= 11 is 0. The van der Waals surface area contributed by atoms with E-state index in [1.165, 1.54) is 0 Å². The molecule has 0 aliphatic rings. The third-order valence-electron chi connectivity index (χ3n) is 1.71. The van der Waals surface area contributed by atoms with Gasteiger partial charge < -0.3 is 15.7 Å². The van der Waals surface area contributed by atoms with E-state index in [2.05, 4.69) is 18.7 Å². The molecule has 0 aliphatic carbocycles. The molecular formula is C9H20N2O2. The van der Waals surface area contributed by atoms with Gasteiger partial charge in [0.1, 0.15) is 0 Å². The van der Waals surface area contributed by atoms with Gasteiger partial charge in [-0.15, -0.1) is 0 Å². The van der Waals surface area contributed by atoms with E-state index in [0.717, 1.165) is 13.1 Å². The Kier molecular flexibility index (Phi) is 6.54. The average molecular weight is 188 g/mol. The van der Waals surface area contributed by atoms with Crippen molar-refractivity contribution in [1.82, 2.24) is 4.90 Å². The molecular weight excluding hydrogens is 168 g/mol. The molecule has 0 aromatic heterocycles. The van der Waals surface area contributed by atoms with Crippen LogP contribution in [0.2, 0.25) is 0 Å². The summed E-state index contributed by atoms with van der Waals surface area (Å²) in [5.41, 5.74) is 5.42. The lowest BCUT2D eigenvalue weighted by molar-refractivity contribution is -0.137. The van der Waals surface area contributed by atoms with Crippen LogP contribution in [0.25, 0.3) is 0 Å². The van der Waals surface area contributed by atoms with Crippen molar-refractivity contribution < 1.29 is 9.90 Å². The molecule has 0 aliphatic heterocycles. The SMILES string of the molecule is CC(C)CN(CCN)CCC(=O)O. The van der Waals surface area contributed by atoms with E-state index < -0.39 is 5.97 Å². The second-order valence-corrected chi connectivity index (χ2v) is 3.63. The highest BCUT2D eigenvalue weighted by atomic mass is 16.4. The van der Waals surface area contributed by atoms with Gasteiger partial charge in [-0.25, -0.2) is 0 Å². The first kappa shape index (κ1) is 12.4. The van der Waals surface area contributed by atoms with Gasteiger partial charge in [0.2, 0.25) is 0 Å². The normalized spacial score (nSPS) is 11.2. The molecule has 0 unspecified atom stereocenters. The Morgan fingerprint density at radius 2 is 2.08 bits per heavy atom. The van der Waals surface area contributed by atoms with E-state index in [-0.39, 0.29) is 6.42 Å². The summed E-state index contributed by atoms with van der Waals surface area (Å²) in [5.74, 6) is -0.189. The third-order valence-corrected chi connectivity index (χ3v) is 1.71. The average Bonchev–Trinajstić information content (AvgIpc) is 1.99. The van der Waals surface area contributed by atoms with E-state index in [9.17, 15) is 4.79 Å². The predicted octanol–water partition coefficient (Wildman–Crippen LogP) is 0.378. The van der Waals surface area contributed by atoms with Crippen LogP contribution < -0.4 is 5.73 Å². The van der Waals surface area contributed by atoms with Crippen LogP contribution in [-0.4, -0.2) is 42.2 Å². The van der Waals surface area contributed by atoms with E-state index >= 15 is 0 Å². The minimum Gasteiger partial charge on any atom is -0.481 e. The molecule has 0 radical (unpaired) electrons. The number of nitrogens with two attached hydrogens (primary N) is 1. The minimum absolute atomic E-state index is 0.201. The maximum absolute atomic E-state index is 10.3. The van der Waals surface area contributed by atoms with Crippen molar-refractivity contribution in [2.45, 2.75) is 20.3 Å². The zero-order valence-electron chi connectivity index (χ0n) is 8.49. The number of aliphatic carboxylic acids is 1. The first-order valence-corrected chi connectivity index (χ1v) is 4.70. The molecule has 4 heteroatoms. The monoisotopic (exact) mass is 188 g/mol. The van der Waals surface area contributed by atoms with Crippen molar-refractivity contribution in [2.24, 2.45) is 11.7 Å². The highest BCUT2D eigenvalue weighted by Gasteiger charge is 2.07. The Hall–Kier alpha value is -0.610. The number of carboxylic acid groups (broad SMARTS) is 1. The molecule has 0 bridgehead atoms. The Labute approximate surface area is 79.7 Å². The molecule has 0 heterocycles. The molecule has 78 valence electrons. The molecule has 0 aromatic carbocycles. The fourth-order valence-corrected chi connectivity index (χ4v) is 1.25. The van der Waals surface area contributed by atoms with Crippen LogP contribution in [0.3, 0.4) is 0 Å². The Balaban J connectivity index is 3.72. The second-order valence-electron chi connectivity index (χ2n) is 3.63. The van der Waals surface area contributed by atoms with E-state index in [1.54, 1.807) is 0 Å². The number of hydrogen-bond acceptors (Lipinski definition) is 3. The summed E-state index contributed by atoms with van der Waals surface area (Å²) in [6, 6.07) is 0. The van der Waals surface area contributed by atoms with Crippen molar-refractivity contribution in [3.63, 3.8) is 0 Å². The van der Waals surface area contributed by atoms with Crippen LogP contribution in [0.15, 0.2) is 0 Å². The van der Waals surface area contributed by atoms with Gasteiger partial charge in [0, 0.05) is 26.2 Å². The lowest BCUT2D eigenvalue weighted by Crippen LogP contribution is -2.34. The smallest absolute Gasteiger partial charge is 0.304 e. The Morgan fingerprint density at radius 3 is 2.46 bits per heavy atom. The fourth-order valence-electron chi connectivity index (χ4n) is 1.25. The summed E-state index contributed by atoms with van der Waals surface area (Å²) in [5, 5.41) is 8.51. The highest BCUT2D eigenvalue weighted by molar-refractivity contribution is 5.66. The van der Waals surface area contributed by atoms with Crippen molar-refractivity contribution in [3.8, 4) is 0 Å². The molecule has 0 amide bonds. The first-order valence-electron chi connectivity index (χ1n) is 4.70. The van der Waals surface area contributed by atoms with Crippen LogP contribution in [-0.2, 0) is 4.79 Å². The summed E-state index contributed by atoms with van der Waals surface area (Å²) in [7, 11) is 0. The van der Waals surface area contributed by atoms with E-state index in [1.807, 2.05) is 0 Å². The molecule has 13 heavy (non-hydrogen) atoms. The molecule has 3 N–H and O–H groups in total. The molecule has 0 saturated heterocycles. The van der Waals surface area contributed by atoms with Gasteiger partial charge in [0.05, 0.1) is 6.42 Å². The second kappa shape index (κ2) is 6.86. The Morgan fingerprint density at radius 1 is 1.46 bits per heavy atom. The zero-order chi connectivity index (χ0) is 10.3. The number of hydrogen-bond donors (Lipinski definition) is 2. The van der Waals surface area contributed by atoms with Crippen molar-refractivity contribution in [1.29, 1.82) is 0 Å². The number of carbonyl (C=O) groups is 1. The maximum atomic E-state index is 10.3. The predicted molar refractivity (Wildman–Crippen MR) is 52.6 cm³/mol. The highest BCUT2D eigenvalue weighted by Crippen LogP contribution is 1.99. The van der Waals surface area contributed by atoms with Crippen LogP contribution in [0.5, 0.6) is 0 Å². The Bertz CT molecular complexity index is 149. The van der Waals surface area contributed by atoms with Gasteiger partial charge >= 0.3 is 5.97 Å². The summed E-state index contributed by atoms with van der Waals surface area (Å²) in [6.45, 7) is 7.13. The molecule has 4 nitrogen and oxygen atoms in total. The molecule has 0 spiro atoms. The molecule has 0 rings (SSSR count). The maximum Gasteiger partial charge on any atom is 0.304 e.